The number of guanidine groups is 1. The van der Waals surface area contributed by atoms with Crippen molar-refractivity contribution < 1.29 is 22.7 Å². The van der Waals surface area contributed by atoms with E-state index < -0.39 is 12.2 Å². The molecule has 1 saturated heterocycles. The van der Waals surface area contributed by atoms with Gasteiger partial charge in [0.15, 0.2) is 5.96 Å². The van der Waals surface area contributed by atoms with E-state index in [4.69, 9.17) is 4.74 Å². The Labute approximate surface area is 160 Å². The minimum atomic E-state index is -4.19. The predicted molar refractivity (Wildman–Crippen MR) is 99.7 cm³/mol. The van der Waals surface area contributed by atoms with E-state index in [0.29, 0.717) is 39.2 Å². The number of esters is 1. The molecule has 158 valence electrons. The summed E-state index contributed by atoms with van der Waals surface area (Å²) in [7, 11) is 1.69. The predicted octanol–water partition coefficient (Wildman–Crippen LogP) is 2.64. The Bertz CT molecular complexity index is 464. The van der Waals surface area contributed by atoms with E-state index in [1.165, 1.54) is 11.8 Å². The average molecular weight is 394 g/mol. The van der Waals surface area contributed by atoms with Crippen molar-refractivity contribution >= 4 is 11.9 Å². The smallest absolute Gasteiger partial charge is 0.403 e. The Balaban J connectivity index is 2.20. The summed E-state index contributed by atoms with van der Waals surface area (Å²) in [5.74, 6) is 0.593. The fraction of sp³-hybridized carbons (Fsp3) is 0.889. The number of rotatable bonds is 9. The highest BCUT2D eigenvalue weighted by Gasteiger charge is 2.41. The first kappa shape index (κ1) is 23.5. The van der Waals surface area contributed by atoms with Gasteiger partial charge in [-0.25, -0.2) is 0 Å². The average Bonchev–Trinajstić information content (AvgIpc) is 2.63. The molecule has 0 radical (unpaired) electrons. The number of piperazine rings is 1. The van der Waals surface area contributed by atoms with Crippen LogP contribution in [0.2, 0.25) is 0 Å². The lowest BCUT2D eigenvalue weighted by atomic mass is 10.1. The van der Waals surface area contributed by atoms with E-state index in [9.17, 15) is 18.0 Å². The van der Waals surface area contributed by atoms with Crippen LogP contribution in [0.25, 0.3) is 0 Å². The quantitative estimate of drug-likeness (QED) is 0.282. The first-order chi connectivity index (χ1) is 12.8. The van der Waals surface area contributed by atoms with Gasteiger partial charge in [0, 0.05) is 46.2 Å². The molecule has 1 atom stereocenters. The molecule has 0 aromatic rings. The highest BCUT2D eigenvalue weighted by Crippen LogP contribution is 2.25. The van der Waals surface area contributed by atoms with E-state index in [1.807, 2.05) is 4.90 Å². The van der Waals surface area contributed by atoms with E-state index in [-0.39, 0.29) is 5.97 Å². The first-order valence-corrected chi connectivity index (χ1v) is 9.71. The largest absolute Gasteiger partial charge is 0.466 e. The number of nitrogens with one attached hydrogen (secondary N) is 1. The molecule has 0 saturated carbocycles. The van der Waals surface area contributed by atoms with Crippen molar-refractivity contribution in [2.75, 3.05) is 46.4 Å². The minimum absolute atomic E-state index is 0.144. The maximum absolute atomic E-state index is 12.8. The number of nitrogens with zero attached hydrogens (tertiary/aromatic N) is 3. The number of carbonyl (C=O) groups is 1. The third-order valence-electron chi connectivity index (χ3n) is 4.74. The normalized spacial score (nSPS) is 17.7. The molecule has 0 bridgehead atoms. The zero-order valence-electron chi connectivity index (χ0n) is 16.6. The molecule has 9 heteroatoms. The molecule has 1 aliphatic rings. The summed E-state index contributed by atoms with van der Waals surface area (Å²) in [6.07, 6.45) is 0.0200. The Hall–Kier alpha value is -1.51. The van der Waals surface area contributed by atoms with Gasteiger partial charge in [-0.2, -0.15) is 13.2 Å². The summed E-state index contributed by atoms with van der Waals surface area (Å²) in [6.45, 7) is 5.98. The third-order valence-corrected chi connectivity index (χ3v) is 4.74. The Kier molecular flexibility index (Phi) is 10.5. The lowest BCUT2D eigenvalue weighted by Crippen LogP contribution is -2.56. The van der Waals surface area contributed by atoms with Crippen LogP contribution < -0.4 is 5.32 Å². The first-order valence-electron chi connectivity index (χ1n) is 9.71. The molecule has 1 heterocycles. The van der Waals surface area contributed by atoms with Crippen LogP contribution in [0.15, 0.2) is 4.99 Å². The molecular weight excluding hydrogens is 361 g/mol. The molecule has 1 fully saturated rings. The number of unbranched alkanes of at least 4 members (excludes halogenated alkanes) is 3. The van der Waals surface area contributed by atoms with E-state index >= 15 is 0 Å². The van der Waals surface area contributed by atoms with Crippen molar-refractivity contribution in [2.24, 2.45) is 4.99 Å². The van der Waals surface area contributed by atoms with Gasteiger partial charge in [0.05, 0.1) is 6.61 Å². The van der Waals surface area contributed by atoms with Crippen LogP contribution in [-0.2, 0) is 9.53 Å². The maximum atomic E-state index is 12.8. The van der Waals surface area contributed by atoms with Gasteiger partial charge >= 0.3 is 12.1 Å². The number of alkyl halides is 3. The van der Waals surface area contributed by atoms with Gasteiger partial charge in [-0.1, -0.05) is 12.8 Å². The van der Waals surface area contributed by atoms with Gasteiger partial charge in [0.2, 0.25) is 0 Å². The standard InChI is InChI=1S/C18H33F3N4O2/c1-4-27-16(26)9-7-5-6-8-10-23-17(22-3)25-13-11-24(12-14-25)15(2)18(19,20)21/h15H,4-14H2,1-3H3,(H,22,23). The van der Waals surface area contributed by atoms with Gasteiger partial charge in [0.1, 0.15) is 6.04 Å². The zero-order chi connectivity index (χ0) is 20.3. The molecule has 0 spiro atoms. The summed E-state index contributed by atoms with van der Waals surface area (Å²) in [4.78, 5) is 18.9. The molecule has 1 unspecified atom stereocenters. The van der Waals surface area contributed by atoms with Crippen LogP contribution in [-0.4, -0.2) is 80.3 Å². The molecule has 1 rings (SSSR count). The molecule has 1 N–H and O–H groups in total. The van der Waals surface area contributed by atoms with E-state index in [1.54, 1.807) is 14.0 Å². The van der Waals surface area contributed by atoms with Gasteiger partial charge in [-0.15, -0.1) is 0 Å². The van der Waals surface area contributed by atoms with Crippen LogP contribution in [0.5, 0.6) is 0 Å². The Morgan fingerprint density at radius 2 is 1.78 bits per heavy atom. The molecule has 0 amide bonds. The zero-order valence-corrected chi connectivity index (χ0v) is 16.6. The monoisotopic (exact) mass is 394 g/mol. The second-order valence-electron chi connectivity index (χ2n) is 6.68. The summed E-state index contributed by atoms with van der Waals surface area (Å²) in [5, 5.41) is 3.28. The minimum Gasteiger partial charge on any atom is -0.466 e. The Morgan fingerprint density at radius 1 is 1.15 bits per heavy atom. The van der Waals surface area contributed by atoms with E-state index in [2.05, 4.69) is 10.3 Å². The lowest BCUT2D eigenvalue weighted by Gasteiger charge is -2.39. The van der Waals surface area contributed by atoms with Crippen LogP contribution in [0, 0.1) is 0 Å². The second-order valence-corrected chi connectivity index (χ2v) is 6.68. The molecular formula is C18H33F3N4O2. The number of carbonyl (C=O) groups excluding carboxylic acids is 1. The van der Waals surface area contributed by atoms with Gasteiger partial charge < -0.3 is 15.0 Å². The number of aliphatic imine (C=N–C) groups is 1. The number of ether oxygens (including phenoxy) is 1. The molecule has 27 heavy (non-hydrogen) atoms. The van der Waals surface area contributed by atoms with E-state index in [0.717, 1.165) is 38.2 Å². The van der Waals surface area contributed by atoms with Crippen molar-refractivity contribution in [3.63, 3.8) is 0 Å². The maximum Gasteiger partial charge on any atom is 0.403 e. The topological polar surface area (TPSA) is 57.2 Å². The van der Waals surface area contributed by atoms with Crippen LogP contribution in [0.1, 0.15) is 46.0 Å². The van der Waals surface area contributed by atoms with Gasteiger partial charge in [-0.3, -0.25) is 14.7 Å². The fourth-order valence-corrected chi connectivity index (χ4v) is 3.04. The van der Waals surface area contributed by atoms with Crippen molar-refractivity contribution in [1.29, 1.82) is 0 Å². The van der Waals surface area contributed by atoms with Crippen LogP contribution in [0.3, 0.4) is 0 Å². The summed E-state index contributed by atoms with van der Waals surface area (Å²) in [6, 6.07) is -1.41. The highest BCUT2D eigenvalue weighted by molar-refractivity contribution is 5.79. The van der Waals surface area contributed by atoms with Gasteiger partial charge in [-0.05, 0) is 26.7 Å². The van der Waals surface area contributed by atoms with Gasteiger partial charge in [0.25, 0.3) is 0 Å². The second kappa shape index (κ2) is 12.0. The SMILES string of the molecule is CCOC(=O)CCCCCCNC(=NC)N1CCN(C(C)C(F)(F)F)CC1. The number of hydrogen-bond donors (Lipinski definition) is 1. The van der Waals surface area contributed by atoms with Crippen LogP contribution >= 0.6 is 0 Å². The van der Waals surface area contributed by atoms with Crippen LogP contribution in [0.4, 0.5) is 13.2 Å². The molecule has 1 aliphatic heterocycles. The molecule has 0 aliphatic carbocycles. The number of halogens is 3. The third kappa shape index (κ3) is 8.81. The molecule has 0 aromatic carbocycles. The summed E-state index contributed by atoms with van der Waals surface area (Å²) >= 11 is 0. The highest BCUT2D eigenvalue weighted by atomic mass is 19.4. The van der Waals surface area contributed by atoms with Crippen molar-refractivity contribution in [1.82, 2.24) is 15.1 Å². The molecule has 0 aromatic heterocycles. The summed E-state index contributed by atoms with van der Waals surface area (Å²) in [5.41, 5.74) is 0. The molecule has 6 nitrogen and oxygen atoms in total. The van der Waals surface area contributed by atoms with Crippen molar-refractivity contribution in [3.05, 3.63) is 0 Å². The fourth-order valence-electron chi connectivity index (χ4n) is 3.04. The lowest BCUT2D eigenvalue weighted by molar-refractivity contribution is -0.181. The Morgan fingerprint density at radius 3 is 2.33 bits per heavy atom. The van der Waals surface area contributed by atoms with Crippen molar-refractivity contribution in [2.45, 2.75) is 58.2 Å². The number of hydrogen-bond acceptors (Lipinski definition) is 4. The van der Waals surface area contributed by atoms with Crippen molar-refractivity contribution in [3.8, 4) is 0 Å². The summed E-state index contributed by atoms with van der Waals surface area (Å²) < 4.78 is 43.3.